The van der Waals surface area contributed by atoms with Gasteiger partial charge in [0, 0.05) is 10.4 Å². The third-order valence-electron chi connectivity index (χ3n) is 3.78. The average Bonchev–Trinajstić information content (AvgIpc) is 2.42. The van der Waals surface area contributed by atoms with Crippen molar-refractivity contribution < 1.29 is 4.79 Å². The second-order valence-electron chi connectivity index (χ2n) is 5.53. The topological polar surface area (TPSA) is 66.9 Å². The second kappa shape index (κ2) is 6.44. The quantitative estimate of drug-likeness (QED) is 0.863. The van der Waals surface area contributed by atoms with Crippen LogP contribution in [0, 0.1) is 12.8 Å². The number of nitrogens with one attached hydrogen (secondary N) is 2. The monoisotopic (exact) mass is 360 g/mol. The minimum Gasteiger partial charge on any atom is -0.338 e. The number of hydrogen-bond acceptors (Lipinski definition) is 4. The molecule has 6 heteroatoms. The predicted molar refractivity (Wildman–Crippen MR) is 90.2 cm³/mol. The molecule has 114 valence electrons. The maximum atomic E-state index is 11.8. The van der Waals surface area contributed by atoms with E-state index < -0.39 is 0 Å². The Hall–Kier alpha value is -1.95. The van der Waals surface area contributed by atoms with Crippen molar-refractivity contribution in [2.75, 3.05) is 10.6 Å². The Balaban J connectivity index is 1.64. The molecule has 1 amide bonds. The van der Waals surface area contributed by atoms with E-state index in [4.69, 9.17) is 0 Å². The summed E-state index contributed by atoms with van der Waals surface area (Å²) >= 11 is 3.51. The van der Waals surface area contributed by atoms with Crippen LogP contribution in [-0.4, -0.2) is 16.1 Å². The van der Waals surface area contributed by atoms with Gasteiger partial charge in [-0.05, 0) is 65.5 Å². The van der Waals surface area contributed by atoms with Crippen LogP contribution in [0.25, 0.3) is 0 Å². The lowest BCUT2D eigenvalue weighted by Gasteiger charge is -2.23. The van der Waals surface area contributed by atoms with Gasteiger partial charge in [-0.3, -0.25) is 4.79 Å². The van der Waals surface area contributed by atoms with Crippen LogP contribution in [0.4, 0.5) is 17.3 Å². The molecule has 2 N–H and O–H groups in total. The van der Waals surface area contributed by atoms with Crippen LogP contribution >= 0.6 is 15.9 Å². The van der Waals surface area contributed by atoms with E-state index in [0.29, 0.717) is 11.6 Å². The van der Waals surface area contributed by atoms with Crippen molar-refractivity contribution in [3.05, 3.63) is 40.4 Å². The number of carbonyl (C=O) groups excluding carboxylic acids is 1. The number of benzene rings is 1. The number of carbonyl (C=O) groups is 1. The van der Waals surface area contributed by atoms with Crippen molar-refractivity contribution in [3.8, 4) is 0 Å². The smallest absolute Gasteiger partial charge is 0.228 e. The van der Waals surface area contributed by atoms with Gasteiger partial charge in [-0.1, -0.05) is 12.5 Å². The van der Waals surface area contributed by atoms with Crippen molar-refractivity contribution in [1.29, 1.82) is 0 Å². The van der Waals surface area contributed by atoms with Crippen LogP contribution in [-0.2, 0) is 4.79 Å². The summed E-state index contributed by atoms with van der Waals surface area (Å²) in [4.78, 5) is 11.8. The number of nitrogens with zero attached hydrogens (tertiary/aromatic N) is 2. The van der Waals surface area contributed by atoms with Gasteiger partial charge in [0.15, 0.2) is 11.6 Å². The third-order valence-corrected chi connectivity index (χ3v) is 4.44. The molecular weight excluding hydrogens is 344 g/mol. The standard InChI is InChI=1S/C16H17BrN4O/c1-10-5-6-13(12(17)9-10)18-14-7-8-15(21-20-14)19-16(22)11-3-2-4-11/h5-9,11H,2-4H2,1H3,(H,18,20)(H,19,21,22). The fourth-order valence-corrected chi connectivity index (χ4v) is 2.82. The Morgan fingerprint density at radius 2 is 1.91 bits per heavy atom. The molecule has 0 saturated heterocycles. The molecule has 0 unspecified atom stereocenters. The number of aryl methyl sites for hydroxylation is 1. The molecule has 0 aliphatic heterocycles. The molecule has 0 radical (unpaired) electrons. The number of hydrogen-bond donors (Lipinski definition) is 2. The first-order valence-corrected chi connectivity index (χ1v) is 8.09. The highest BCUT2D eigenvalue weighted by Gasteiger charge is 2.25. The highest BCUT2D eigenvalue weighted by molar-refractivity contribution is 9.10. The summed E-state index contributed by atoms with van der Waals surface area (Å²) in [6.07, 6.45) is 3.08. The van der Waals surface area contributed by atoms with Gasteiger partial charge < -0.3 is 10.6 Å². The zero-order valence-corrected chi connectivity index (χ0v) is 13.9. The van der Waals surface area contributed by atoms with Crippen LogP contribution in [0.15, 0.2) is 34.8 Å². The summed E-state index contributed by atoms with van der Waals surface area (Å²) in [6.45, 7) is 2.04. The Bertz CT molecular complexity index is 683. The molecule has 1 heterocycles. The van der Waals surface area contributed by atoms with E-state index in [2.05, 4.69) is 36.8 Å². The first-order valence-electron chi connectivity index (χ1n) is 7.29. The molecule has 0 spiro atoms. The highest BCUT2D eigenvalue weighted by Crippen LogP contribution is 2.28. The average molecular weight is 361 g/mol. The van der Waals surface area contributed by atoms with E-state index in [0.717, 1.165) is 29.4 Å². The fourth-order valence-electron chi connectivity index (χ4n) is 2.22. The van der Waals surface area contributed by atoms with Gasteiger partial charge in [0.2, 0.25) is 5.91 Å². The van der Waals surface area contributed by atoms with Gasteiger partial charge >= 0.3 is 0 Å². The first kappa shape index (κ1) is 15.0. The largest absolute Gasteiger partial charge is 0.338 e. The van der Waals surface area contributed by atoms with E-state index >= 15 is 0 Å². The number of aromatic nitrogens is 2. The Morgan fingerprint density at radius 1 is 1.18 bits per heavy atom. The van der Waals surface area contributed by atoms with Gasteiger partial charge in [0.05, 0.1) is 5.69 Å². The number of halogens is 1. The van der Waals surface area contributed by atoms with Crippen molar-refractivity contribution in [2.24, 2.45) is 5.92 Å². The number of anilines is 3. The minimum atomic E-state index is 0.0440. The molecule has 5 nitrogen and oxygen atoms in total. The van der Waals surface area contributed by atoms with Gasteiger partial charge in [-0.15, -0.1) is 10.2 Å². The van der Waals surface area contributed by atoms with E-state index in [1.54, 1.807) is 12.1 Å². The molecular formula is C16H17BrN4O. The summed E-state index contributed by atoms with van der Waals surface area (Å²) in [7, 11) is 0. The molecule has 1 aliphatic carbocycles. The summed E-state index contributed by atoms with van der Waals surface area (Å²) in [5, 5.41) is 14.1. The Labute approximate surface area is 137 Å². The molecule has 1 aliphatic rings. The van der Waals surface area contributed by atoms with Crippen LogP contribution in [0.1, 0.15) is 24.8 Å². The lowest BCUT2D eigenvalue weighted by atomic mass is 9.85. The summed E-state index contributed by atoms with van der Waals surface area (Å²) < 4.78 is 0.969. The van der Waals surface area contributed by atoms with E-state index in [9.17, 15) is 4.79 Å². The van der Waals surface area contributed by atoms with Gasteiger partial charge in [0.25, 0.3) is 0 Å². The normalized spacial score (nSPS) is 14.3. The Morgan fingerprint density at radius 3 is 2.50 bits per heavy atom. The summed E-state index contributed by atoms with van der Waals surface area (Å²) in [5.74, 6) is 1.31. The van der Waals surface area contributed by atoms with Crippen LogP contribution in [0.5, 0.6) is 0 Å². The maximum Gasteiger partial charge on any atom is 0.228 e. The fraction of sp³-hybridized carbons (Fsp3) is 0.312. The zero-order chi connectivity index (χ0) is 15.5. The van der Waals surface area contributed by atoms with E-state index in [1.807, 2.05) is 25.1 Å². The number of amides is 1. The molecule has 3 rings (SSSR count). The van der Waals surface area contributed by atoms with Crippen molar-refractivity contribution in [1.82, 2.24) is 10.2 Å². The first-order chi connectivity index (χ1) is 10.6. The molecule has 1 aromatic heterocycles. The molecule has 0 bridgehead atoms. The molecule has 2 aromatic rings. The third kappa shape index (κ3) is 3.44. The van der Waals surface area contributed by atoms with Crippen molar-refractivity contribution in [2.45, 2.75) is 26.2 Å². The van der Waals surface area contributed by atoms with E-state index in [1.165, 1.54) is 5.56 Å². The maximum absolute atomic E-state index is 11.8. The highest BCUT2D eigenvalue weighted by atomic mass is 79.9. The van der Waals surface area contributed by atoms with Crippen LogP contribution in [0.3, 0.4) is 0 Å². The van der Waals surface area contributed by atoms with Gasteiger partial charge in [0.1, 0.15) is 0 Å². The minimum absolute atomic E-state index is 0.0440. The molecule has 0 atom stereocenters. The van der Waals surface area contributed by atoms with Crippen molar-refractivity contribution >= 4 is 39.2 Å². The lowest BCUT2D eigenvalue weighted by Crippen LogP contribution is -2.28. The SMILES string of the molecule is Cc1ccc(Nc2ccc(NC(=O)C3CCC3)nn2)c(Br)c1. The Kier molecular flexibility index (Phi) is 4.38. The number of rotatable bonds is 4. The van der Waals surface area contributed by atoms with Crippen LogP contribution < -0.4 is 10.6 Å². The van der Waals surface area contributed by atoms with Gasteiger partial charge in [-0.2, -0.15) is 0 Å². The molecule has 1 saturated carbocycles. The second-order valence-corrected chi connectivity index (χ2v) is 6.38. The lowest BCUT2D eigenvalue weighted by molar-refractivity contribution is -0.122. The predicted octanol–water partition coefficient (Wildman–Crippen LogP) is 4.03. The zero-order valence-electron chi connectivity index (χ0n) is 12.3. The van der Waals surface area contributed by atoms with Gasteiger partial charge in [-0.25, -0.2) is 0 Å². The van der Waals surface area contributed by atoms with E-state index in [-0.39, 0.29) is 11.8 Å². The summed E-state index contributed by atoms with van der Waals surface area (Å²) in [6, 6.07) is 9.59. The summed E-state index contributed by atoms with van der Waals surface area (Å²) in [5.41, 5.74) is 2.10. The molecule has 22 heavy (non-hydrogen) atoms. The molecule has 1 aromatic carbocycles. The van der Waals surface area contributed by atoms with Crippen molar-refractivity contribution in [3.63, 3.8) is 0 Å². The van der Waals surface area contributed by atoms with Crippen LogP contribution in [0.2, 0.25) is 0 Å². The molecule has 1 fully saturated rings.